The Balaban J connectivity index is 1.30. The van der Waals surface area contributed by atoms with Gasteiger partial charge in [-0.2, -0.15) is 4.57 Å². The van der Waals surface area contributed by atoms with E-state index in [2.05, 4.69) is 33.9 Å². The zero-order chi connectivity index (χ0) is 26.8. The van der Waals surface area contributed by atoms with Gasteiger partial charge in [-0.1, -0.05) is 119 Å². The SMILES string of the molecule is CCCCCCCCCCCCCCOc1cc(CC(=O)Nc2ccc(C[n+]3ccsc3)cc2)ccc1Cl. The van der Waals surface area contributed by atoms with Gasteiger partial charge in [0.15, 0.2) is 12.7 Å². The lowest BCUT2D eigenvalue weighted by molar-refractivity contribution is -0.683. The number of benzene rings is 2. The lowest BCUT2D eigenvalue weighted by atomic mass is 10.1. The average molecular weight is 556 g/mol. The predicted molar refractivity (Wildman–Crippen MR) is 160 cm³/mol. The molecule has 2 aromatic carbocycles. The predicted octanol–water partition coefficient (Wildman–Crippen LogP) is 9.00. The number of hydrogen-bond donors (Lipinski definition) is 1. The Bertz CT molecular complexity index is 1050. The fourth-order valence-electron chi connectivity index (χ4n) is 4.54. The lowest BCUT2D eigenvalue weighted by Crippen LogP contribution is -2.30. The van der Waals surface area contributed by atoms with Crippen LogP contribution in [0, 0.1) is 0 Å². The number of ether oxygens (including phenoxy) is 1. The number of halogens is 1. The molecule has 0 aliphatic carbocycles. The molecular weight excluding hydrogens is 512 g/mol. The average Bonchev–Trinajstić information content (AvgIpc) is 3.43. The zero-order valence-corrected chi connectivity index (χ0v) is 24.5. The minimum Gasteiger partial charge on any atom is -0.492 e. The molecule has 1 aromatic heterocycles. The third kappa shape index (κ3) is 12.0. The third-order valence-electron chi connectivity index (χ3n) is 6.75. The van der Waals surface area contributed by atoms with Gasteiger partial charge in [-0.15, -0.1) is 0 Å². The van der Waals surface area contributed by atoms with Crippen LogP contribution in [0.2, 0.25) is 5.02 Å². The van der Waals surface area contributed by atoms with Gasteiger partial charge in [0.25, 0.3) is 0 Å². The standard InChI is InChI=1S/C32H43ClN2O2S/c1-2-3-4-5-6-7-8-9-10-11-12-13-21-37-31-23-28(16-19-30(31)33)24-32(36)34-29-17-14-27(15-18-29)25-35-20-22-38-26-35/h14-20,22-23,26H,2-13,21,24-25H2,1H3/p+1. The summed E-state index contributed by atoms with van der Waals surface area (Å²) in [7, 11) is 0. The molecule has 1 heterocycles. The summed E-state index contributed by atoms with van der Waals surface area (Å²) in [6.45, 7) is 3.75. The molecule has 0 atom stereocenters. The van der Waals surface area contributed by atoms with Gasteiger partial charge in [0, 0.05) is 11.3 Å². The van der Waals surface area contributed by atoms with Crippen LogP contribution in [0.5, 0.6) is 5.75 Å². The van der Waals surface area contributed by atoms with Gasteiger partial charge in [0.05, 0.1) is 23.4 Å². The maximum Gasteiger partial charge on any atom is 0.228 e. The van der Waals surface area contributed by atoms with Gasteiger partial charge in [0.1, 0.15) is 5.75 Å². The second-order valence-electron chi connectivity index (χ2n) is 10.1. The fourth-order valence-corrected chi connectivity index (χ4v) is 5.31. The van der Waals surface area contributed by atoms with Crippen molar-refractivity contribution in [2.24, 2.45) is 0 Å². The number of anilines is 1. The van der Waals surface area contributed by atoms with Crippen molar-refractivity contribution < 1.29 is 14.1 Å². The molecule has 0 fully saturated rings. The maximum atomic E-state index is 12.6. The van der Waals surface area contributed by atoms with Gasteiger partial charge in [-0.05, 0) is 36.2 Å². The molecule has 4 nitrogen and oxygen atoms in total. The normalized spacial score (nSPS) is 11.0. The van der Waals surface area contributed by atoms with E-state index in [9.17, 15) is 4.79 Å². The maximum absolute atomic E-state index is 12.6. The Hall–Kier alpha value is -2.37. The second kappa shape index (κ2) is 18.0. The summed E-state index contributed by atoms with van der Waals surface area (Å²) in [5, 5.41) is 5.64. The summed E-state index contributed by atoms with van der Waals surface area (Å²) in [6.07, 6.45) is 18.2. The highest BCUT2D eigenvalue weighted by Crippen LogP contribution is 2.26. The topological polar surface area (TPSA) is 42.2 Å². The van der Waals surface area contributed by atoms with E-state index in [1.807, 2.05) is 42.5 Å². The number of nitrogens with one attached hydrogen (secondary N) is 1. The van der Waals surface area contributed by atoms with Gasteiger partial charge < -0.3 is 10.1 Å². The van der Waals surface area contributed by atoms with Gasteiger partial charge in [0.2, 0.25) is 11.4 Å². The molecular formula is C32H44ClN2O2S+. The minimum absolute atomic E-state index is 0.0563. The molecule has 0 aliphatic rings. The van der Waals surface area contributed by atoms with Gasteiger partial charge >= 0.3 is 0 Å². The molecule has 3 aromatic rings. The second-order valence-corrected chi connectivity index (χ2v) is 11.3. The van der Waals surface area contributed by atoms with Gasteiger partial charge in [-0.25, -0.2) is 0 Å². The van der Waals surface area contributed by atoms with Crippen molar-refractivity contribution in [3.05, 3.63) is 75.7 Å². The summed E-state index contributed by atoms with van der Waals surface area (Å²) in [6, 6.07) is 13.6. The van der Waals surface area contributed by atoms with Crippen LogP contribution in [-0.2, 0) is 17.8 Å². The number of nitrogens with zero attached hydrogens (tertiary/aromatic N) is 1. The molecule has 0 bridgehead atoms. The molecule has 0 unspecified atom stereocenters. The number of carbonyl (C=O) groups is 1. The van der Waals surface area contributed by atoms with Crippen molar-refractivity contribution in [3.63, 3.8) is 0 Å². The van der Waals surface area contributed by atoms with Crippen molar-refractivity contribution in [2.45, 2.75) is 96.9 Å². The lowest BCUT2D eigenvalue weighted by Gasteiger charge is -2.11. The molecule has 38 heavy (non-hydrogen) atoms. The number of aromatic nitrogens is 1. The van der Waals surface area contributed by atoms with E-state index in [-0.39, 0.29) is 12.3 Å². The summed E-state index contributed by atoms with van der Waals surface area (Å²) < 4.78 is 8.10. The molecule has 0 saturated heterocycles. The molecule has 0 saturated carbocycles. The van der Waals surface area contributed by atoms with Crippen molar-refractivity contribution in [1.29, 1.82) is 0 Å². The first kappa shape index (κ1) is 30.2. The van der Waals surface area contributed by atoms with E-state index < -0.39 is 0 Å². The van der Waals surface area contributed by atoms with Crippen molar-refractivity contribution in [1.82, 2.24) is 0 Å². The summed E-state index contributed by atoms with van der Waals surface area (Å²) in [4.78, 5) is 12.6. The number of rotatable bonds is 19. The van der Waals surface area contributed by atoms with E-state index >= 15 is 0 Å². The molecule has 0 spiro atoms. The summed E-state index contributed by atoms with van der Waals surface area (Å²) >= 11 is 8.03. The number of unbranched alkanes of at least 4 members (excludes halogenated alkanes) is 11. The van der Waals surface area contributed by atoms with Crippen LogP contribution >= 0.6 is 22.9 Å². The first-order valence-electron chi connectivity index (χ1n) is 14.4. The van der Waals surface area contributed by atoms with Crippen LogP contribution in [0.15, 0.2) is 59.6 Å². The first-order chi connectivity index (χ1) is 18.6. The van der Waals surface area contributed by atoms with Crippen molar-refractivity contribution >= 4 is 34.5 Å². The molecule has 3 rings (SSSR count). The highest BCUT2D eigenvalue weighted by atomic mass is 35.5. The Morgan fingerprint density at radius 1 is 0.868 bits per heavy atom. The van der Waals surface area contributed by atoms with E-state index in [0.29, 0.717) is 17.4 Å². The number of carbonyl (C=O) groups excluding carboxylic acids is 1. The minimum atomic E-state index is -0.0563. The Morgan fingerprint density at radius 3 is 2.13 bits per heavy atom. The van der Waals surface area contributed by atoms with Crippen LogP contribution in [0.25, 0.3) is 0 Å². The van der Waals surface area contributed by atoms with Gasteiger partial charge in [-0.3, -0.25) is 4.79 Å². The Kier molecular flexibility index (Phi) is 14.3. The van der Waals surface area contributed by atoms with E-state index in [1.165, 1.54) is 76.2 Å². The molecule has 1 N–H and O–H groups in total. The van der Waals surface area contributed by atoms with Crippen LogP contribution in [-0.4, -0.2) is 12.5 Å². The number of amides is 1. The highest BCUT2D eigenvalue weighted by molar-refractivity contribution is 7.07. The van der Waals surface area contributed by atoms with Crippen LogP contribution in [0.4, 0.5) is 5.69 Å². The van der Waals surface area contributed by atoms with Crippen LogP contribution in [0.3, 0.4) is 0 Å². The third-order valence-corrected chi connectivity index (χ3v) is 7.73. The molecule has 1 amide bonds. The Morgan fingerprint density at radius 2 is 1.50 bits per heavy atom. The number of hydrogen-bond acceptors (Lipinski definition) is 3. The number of thiazole rings is 1. The largest absolute Gasteiger partial charge is 0.492 e. The molecule has 206 valence electrons. The highest BCUT2D eigenvalue weighted by Gasteiger charge is 2.09. The summed E-state index contributed by atoms with van der Waals surface area (Å²) in [5.41, 5.74) is 4.96. The van der Waals surface area contributed by atoms with Crippen LogP contribution < -0.4 is 14.6 Å². The fraction of sp³-hybridized carbons (Fsp3) is 0.500. The van der Waals surface area contributed by atoms with Crippen molar-refractivity contribution in [2.75, 3.05) is 11.9 Å². The molecule has 0 radical (unpaired) electrons. The molecule has 6 heteroatoms. The quantitative estimate of drug-likeness (QED) is 0.118. The summed E-state index contributed by atoms with van der Waals surface area (Å²) in [5.74, 6) is 0.606. The van der Waals surface area contributed by atoms with Crippen molar-refractivity contribution in [3.8, 4) is 5.75 Å². The zero-order valence-electron chi connectivity index (χ0n) is 22.9. The Labute approximate surface area is 238 Å². The smallest absolute Gasteiger partial charge is 0.228 e. The van der Waals surface area contributed by atoms with E-state index in [0.717, 1.165) is 24.2 Å². The van der Waals surface area contributed by atoms with E-state index in [1.54, 1.807) is 11.3 Å². The monoisotopic (exact) mass is 555 g/mol. The molecule has 0 aliphatic heterocycles. The first-order valence-corrected chi connectivity index (χ1v) is 15.7. The van der Waals surface area contributed by atoms with Crippen LogP contribution in [0.1, 0.15) is 95.1 Å². The van der Waals surface area contributed by atoms with E-state index in [4.69, 9.17) is 16.3 Å².